The van der Waals surface area contributed by atoms with Crippen LogP contribution in [0.2, 0.25) is 0 Å². The van der Waals surface area contributed by atoms with Crippen molar-refractivity contribution >= 4 is 50.9 Å². The van der Waals surface area contributed by atoms with Gasteiger partial charge in [-0.05, 0) is 69.8 Å². The van der Waals surface area contributed by atoms with Crippen LogP contribution in [0.3, 0.4) is 0 Å². The Bertz CT molecular complexity index is 420. The number of rotatable bonds is 4. The van der Waals surface area contributed by atoms with Crippen LogP contribution in [0.1, 0.15) is 19.8 Å². The third-order valence-corrected chi connectivity index (χ3v) is 4.14. The highest BCUT2D eigenvalue weighted by Gasteiger charge is 2.15. The number of hydrazine groups is 2. The highest BCUT2D eigenvalue weighted by Crippen LogP contribution is 2.25. The molecule has 1 aromatic carbocycles. The molecule has 0 spiro atoms. The molecule has 17 heavy (non-hydrogen) atoms. The van der Waals surface area contributed by atoms with Gasteiger partial charge in [-0.1, -0.05) is 13.3 Å². The standard InChI is InChI=1S/C12H15I2N3/c1-2-3-6-16-7-8-17(15-16)12-9-10(13)4-5-11(12)14/h4-5,7-9,15H,2-3,6H2,1H3. The number of unbranched alkanes of at least 4 members (excludes halogenated alkanes) is 1. The zero-order chi connectivity index (χ0) is 12.3. The lowest BCUT2D eigenvalue weighted by atomic mass is 10.3. The molecule has 0 atom stereocenters. The molecule has 0 unspecified atom stereocenters. The third kappa shape index (κ3) is 3.47. The number of nitrogens with zero attached hydrogens (tertiary/aromatic N) is 2. The van der Waals surface area contributed by atoms with Crippen molar-refractivity contribution in [3.63, 3.8) is 0 Å². The quantitative estimate of drug-likeness (QED) is 0.699. The zero-order valence-corrected chi connectivity index (χ0v) is 14.0. The van der Waals surface area contributed by atoms with Crippen LogP contribution < -0.4 is 10.5 Å². The molecule has 2 rings (SSSR count). The second-order valence-electron chi connectivity index (χ2n) is 3.91. The molecule has 1 heterocycles. The summed E-state index contributed by atoms with van der Waals surface area (Å²) < 4.78 is 2.50. The molecule has 0 aliphatic carbocycles. The highest BCUT2D eigenvalue weighted by molar-refractivity contribution is 14.1. The molecule has 3 nitrogen and oxygen atoms in total. The van der Waals surface area contributed by atoms with Gasteiger partial charge in [-0.25, -0.2) is 0 Å². The fourth-order valence-corrected chi connectivity index (χ4v) is 2.68. The Hall–Kier alpha value is -0.0200. The van der Waals surface area contributed by atoms with Gasteiger partial charge in [-0.15, -0.1) is 5.53 Å². The molecule has 5 heteroatoms. The summed E-state index contributed by atoms with van der Waals surface area (Å²) in [6, 6.07) is 6.45. The van der Waals surface area contributed by atoms with Crippen molar-refractivity contribution in [1.82, 2.24) is 10.5 Å². The maximum atomic E-state index is 3.36. The number of halogens is 2. The van der Waals surface area contributed by atoms with E-state index >= 15 is 0 Å². The minimum atomic E-state index is 1.05. The minimum absolute atomic E-state index is 1.05. The Labute approximate surface area is 129 Å². The Morgan fingerprint density at radius 3 is 2.82 bits per heavy atom. The molecule has 0 fully saturated rings. The predicted octanol–water partition coefficient (Wildman–Crippen LogP) is 3.71. The lowest BCUT2D eigenvalue weighted by Gasteiger charge is -2.23. The molecule has 1 aliphatic heterocycles. The predicted molar refractivity (Wildman–Crippen MR) is 88.2 cm³/mol. The molecule has 0 amide bonds. The summed E-state index contributed by atoms with van der Waals surface area (Å²) in [6.07, 6.45) is 6.58. The average molecular weight is 455 g/mol. The molecule has 1 aromatic rings. The van der Waals surface area contributed by atoms with Crippen LogP contribution in [0.4, 0.5) is 5.69 Å². The number of anilines is 1. The van der Waals surface area contributed by atoms with Gasteiger partial charge in [0.05, 0.1) is 5.69 Å². The van der Waals surface area contributed by atoms with Crippen molar-refractivity contribution < 1.29 is 0 Å². The van der Waals surface area contributed by atoms with E-state index in [1.807, 2.05) is 0 Å². The molecule has 0 saturated carbocycles. The van der Waals surface area contributed by atoms with Gasteiger partial charge in [0.25, 0.3) is 0 Å². The molecule has 0 aromatic heterocycles. The van der Waals surface area contributed by atoms with Gasteiger partial charge in [-0.2, -0.15) is 0 Å². The van der Waals surface area contributed by atoms with Crippen LogP contribution >= 0.6 is 45.2 Å². The summed E-state index contributed by atoms with van der Waals surface area (Å²) >= 11 is 4.71. The summed E-state index contributed by atoms with van der Waals surface area (Å²) in [4.78, 5) is 0. The maximum Gasteiger partial charge on any atom is 0.0733 e. The van der Waals surface area contributed by atoms with Crippen LogP contribution in [0, 0.1) is 7.14 Å². The number of benzene rings is 1. The fourth-order valence-electron chi connectivity index (χ4n) is 1.61. The van der Waals surface area contributed by atoms with Crippen LogP contribution in [0.25, 0.3) is 0 Å². The Morgan fingerprint density at radius 2 is 2.06 bits per heavy atom. The third-order valence-electron chi connectivity index (χ3n) is 2.55. The summed E-state index contributed by atoms with van der Waals surface area (Å²) in [6.45, 7) is 3.25. The van der Waals surface area contributed by atoms with E-state index in [1.165, 1.54) is 25.7 Å². The summed E-state index contributed by atoms with van der Waals surface area (Å²) in [5.41, 5.74) is 4.56. The monoisotopic (exact) mass is 455 g/mol. The van der Waals surface area contributed by atoms with Gasteiger partial charge >= 0.3 is 0 Å². The molecule has 0 saturated heterocycles. The van der Waals surface area contributed by atoms with Gasteiger partial charge in [0.1, 0.15) is 0 Å². The van der Waals surface area contributed by atoms with Crippen LogP contribution in [-0.2, 0) is 0 Å². The maximum absolute atomic E-state index is 3.36. The minimum Gasteiger partial charge on any atom is -0.296 e. The van der Waals surface area contributed by atoms with Crippen LogP contribution in [-0.4, -0.2) is 11.6 Å². The summed E-state index contributed by atoms with van der Waals surface area (Å²) in [5, 5.41) is 4.19. The molecular weight excluding hydrogens is 440 g/mol. The Balaban J connectivity index is 2.05. The second kappa shape index (κ2) is 6.24. The van der Waals surface area contributed by atoms with E-state index in [0.29, 0.717) is 0 Å². The molecular formula is C12H15I2N3. The molecule has 0 radical (unpaired) electrons. The van der Waals surface area contributed by atoms with E-state index in [1.54, 1.807) is 0 Å². The molecule has 0 bridgehead atoms. The molecule has 1 aliphatic rings. The smallest absolute Gasteiger partial charge is 0.0733 e. The van der Waals surface area contributed by atoms with E-state index < -0.39 is 0 Å². The topological polar surface area (TPSA) is 18.5 Å². The first-order valence-corrected chi connectivity index (χ1v) is 7.82. The fraction of sp³-hybridized carbons (Fsp3) is 0.333. The zero-order valence-electron chi connectivity index (χ0n) is 9.66. The van der Waals surface area contributed by atoms with E-state index in [0.717, 1.165) is 6.54 Å². The number of hydrogen-bond donors (Lipinski definition) is 1. The summed E-state index contributed by atoms with van der Waals surface area (Å²) in [7, 11) is 0. The van der Waals surface area contributed by atoms with Gasteiger partial charge < -0.3 is 0 Å². The number of hydrogen-bond acceptors (Lipinski definition) is 3. The van der Waals surface area contributed by atoms with Crippen molar-refractivity contribution in [2.45, 2.75) is 19.8 Å². The van der Waals surface area contributed by atoms with Gasteiger partial charge in [0.15, 0.2) is 0 Å². The van der Waals surface area contributed by atoms with Gasteiger partial charge in [-0.3, -0.25) is 10.0 Å². The van der Waals surface area contributed by atoms with E-state index in [2.05, 4.69) is 98.3 Å². The van der Waals surface area contributed by atoms with Crippen molar-refractivity contribution in [2.75, 3.05) is 11.6 Å². The first-order chi connectivity index (χ1) is 8.20. The first kappa shape index (κ1) is 13.4. The normalized spacial score (nSPS) is 14.8. The second-order valence-corrected chi connectivity index (χ2v) is 6.32. The van der Waals surface area contributed by atoms with E-state index in [4.69, 9.17) is 0 Å². The SMILES string of the molecule is CCCCN1C=CN(c2cc(I)ccc2I)N1. The van der Waals surface area contributed by atoms with Crippen LogP contribution in [0.15, 0.2) is 30.6 Å². The average Bonchev–Trinajstić information content (AvgIpc) is 2.78. The Morgan fingerprint density at radius 1 is 1.24 bits per heavy atom. The molecule has 92 valence electrons. The van der Waals surface area contributed by atoms with Crippen molar-refractivity contribution in [1.29, 1.82) is 0 Å². The van der Waals surface area contributed by atoms with Gasteiger partial charge in [0.2, 0.25) is 0 Å². The van der Waals surface area contributed by atoms with Crippen molar-refractivity contribution in [2.24, 2.45) is 0 Å². The van der Waals surface area contributed by atoms with E-state index in [-0.39, 0.29) is 0 Å². The van der Waals surface area contributed by atoms with E-state index in [9.17, 15) is 0 Å². The summed E-state index contributed by atoms with van der Waals surface area (Å²) in [5.74, 6) is 0. The largest absolute Gasteiger partial charge is 0.296 e. The van der Waals surface area contributed by atoms with Crippen LogP contribution in [0.5, 0.6) is 0 Å². The number of nitrogens with one attached hydrogen (secondary N) is 1. The van der Waals surface area contributed by atoms with Gasteiger partial charge in [0, 0.05) is 26.1 Å². The Kier molecular flexibility index (Phi) is 4.92. The first-order valence-electron chi connectivity index (χ1n) is 5.66. The lowest BCUT2D eigenvalue weighted by molar-refractivity contribution is 0.290. The highest BCUT2D eigenvalue weighted by atomic mass is 127. The van der Waals surface area contributed by atoms with Crippen molar-refractivity contribution in [3.05, 3.63) is 37.7 Å². The van der Waals surface area contributed by atoms with Crippen molar-refractivity contribution in [3.8, 4) is 0 Å². The molecule has 1 N–H and O–H groups in total. The lowest BCUT2D eigenvalue weighted by Crippen LogP contribution is -2.40.